The van der Waals surface area contributed by atoms with Crippen LogP contribution in [0, 0.1) is 6.92 Å². The van der Waals surface area contributed by atoms with Crippen LogP contribution in [-0.4, -0.2) is 15.3 Å². The molecule has 4 aromatic rings. The zero-order valence-corrected chi connectivity index (χ0v) is 18.6. The lowest BCUT2D eigenvalue weighted by Crippen LogP contribution is -2.25. The fraction of sp³-hybridized carbons (Fsp3) is 0.172. The molecule has 1 unspecified atom stereocenters. The molecule has 0 heterocycles. The van der Waals surface area contributed by atoms with Gasteiger partial charge in [0.15, 0.2) is 0 Å². The van der Waals surface area contributed by atoms with Gasteiger partial charge in [-0.15, -0.1) is 0 Å². The second-order valence-electron chi connectivity index (χ2n) is 8.62. The number of aromatic hydroxyl groups is 3. The third kappa shape index (κ3) is 3.94. The normalized spacial score (nSPS) is 12.5. The summed E-state index contributed by atoms with van der Waals surface area (Å²) in [5, 5.41) is 30.4. The van der Waals surface area contributed by atoms with Crippen molar-refractivity contribution in [1.82, 2.24) is 0 Å². The first-order valence-electron chi connectivity index (χ1n) is 10.8. The third-order valence-corrected chi connectivity index (χ3v) is 6.54. The van der Waals surface area contributed by atoms with Crippen molar-refractivity contribution in [2.45, 2.75) is 32.1 Å². The molecule has 0 spiro atoms. The van der Waals surface area contributed by atoms with Crippen molar-refractivity contribution in [2.24, 2.45) is 0 Å². The highest BCUT2D eigenvalue weighted by Crippen LogP contribution is 2.42. The molecule has 1 atom stereocenters. The van der Waals surface area contributed by atoms with E-state index in [2.05, 4.69) is 51.1 Å². The molecule has 3 N–H and O–H groups in total. The van der Waals surface area contributed by atoms with Gasteiger partial charge in [-0.3, -0.25) is 0 Å². The van der Waals surface area contributed by atoms with Crippen molar-refractivity contribution in [3.8, 4) is 17.2 Å². The van der Waals surface area contributed by atoms with E-state index in [4.69, 9.17) is 0 Å². The van der Waals surface area contributed by atoms with Gasteiger partial charge in [0, 0.05) is 16.9 Å². The number of aryl methyl sites for hydroxylation is 1. The number of phenolic OH excluding ortho intramolecular Hbond substituents is 3. The quantitative estimate of drug-likeness (QED) is 0.316. The average Bonchev–Trinajstić information content (AvgIpc) is 2.80. The topological polar surface area (TPSA) is 60.7 Å². The Morgan fingerprint density at radius 1 is 0.625 bits per heavy atom. The van der Waals surface area contributed by atoms with Gasteiger partial charge in [0.25, 0.3) is 0 Å². The summed E-state index contributed by atoms with van der Waals surface area (Å²) in [4.78, 5) is 0. The molecule has 0 aromatic heterocycles. The van der Waals surface area contributed by atoms with E-state index in [0.29, 0.717) is 0 Å². The van der Waals surface area contributed by atoms with E-state index in [1.807, 2.05) is 30.3 Å². The molecule has 0 bridgehead atoms. The number of hydrogen-bond donors (Lipinski definition) is 3. The van der Waals surface area contributed by atoms with Crippen LogP contribution >= 0.6 is 0 Å². The molecule has 0 radical (unpaired) electrons. The Bertz CT molecular complexity index is 1160. The Kier molecular flexibility index (Phi) is 5.67. The Morgan fingerprint density at radius 3 is 1.59 bits per heavy atom. The van der Waals surface area contributed by atoms with E-state index < -0.39 is 5.41 Å². The first-order valence-corrected chi connectivity index (χ1v) is 10.8. The molecular formula is C29H28O3. The van der Waals surface area contributed by atoms with E-state index in [-0.39, 0.29) is 23.2 Å². The molecule has 0 aliphatic heterocycles. The minimum absolute atomic E-state index is 0.0134. The van der Waals surface area contributed by atoms with Gasteiger partial charge in [0.1, 0.15) is 17.2 Å². The average molecular weight is 425 g/mol. The molecule has 0 saturated heterocycles. The highest BCUT2D eigenvalue weighted by atomic mass is 16.3. The monoisotopic (exact) mass is 424 g/mol. The summed E-state index contributed by atoms with van der Waals surface area (Å²) >= 11 is 0. The maximum Gasteiger partial charge on any atom is 0.119 e. The number of rotatable bonds is 5. The molecular weight excluding hydrogens is 396 g/mol. The van der Waals surface area contributed by atoms with E-state index in [1.165, 1.54) is 5.56 Å². The van der Waals surface area contributed by atoms with Gasteiger partial charge in [-0.25, -0.2) is 0 Å². The first kappa shape index (κ1) is 21.5. The van der Waals surface area contributed by atoms with Crippen molar-refractivity contribution >= 4 is 0 Å². The van der Waals surface area contributed by atoms with Gasteiger partial charge in [-0.2, -0.15) is 0 Å². The van der Waals surface area contributed by atoms with E-state index in [1.54, 1.807) is 30.3 Å². The lowest BCUT2D eigenvalue weighted by molar-refractivity contribution is 0.465. The summed E-state index contributed by atoms with van der Waals surface area (Å²) in [5.74, 6) is 0.697. The number of benzene rings is 4. The van der Waals surface area contributed by atoms with E-state index in [0.717, 1.165) is 27.8 Å². The Hall–Kier alpha value is -3.72. The summed E-state index contributed by atoms with van der Waals surface area (Å²) < 4.78 is 0. The predicted octanol–water partition coefficient (Wildman–Crippen LogP) is 6.62. The van der Waals surface area contributed by atoms with Gasteiger partial charge in [-0.05, 0) is 66.4 Å². The number of hydrogen-bond acceptors (Lipinski definition) is 3. The Balaban J connectivity index is 1.88. The maximum absolute atomic E-state index is 10.7. The van der Waals surface area contributed by atoms with Gasteiger partial charge < -0.3 is 15.3 Å². The molecule has 0 aliphatic carbocycles. The van der Waals surface area contributed by atoms with Gasteiger partial charge in [0.2, 0.25) is 0 Å². The maximum atomic E-state index is 10.7. The van der Waals surface area contributed by atoms with Crippen LogP contribution in [-0.2, 0) is 5.41 Å². The van der Waals surface area contributed by atoms with Crippen molar-refractivity contribution in [2.75, 3.05) is 0 Å². The minimum atomic E-state index is -0.559. The summed E-state index contributed by atoms with van der Waals surface area (Å²) in [6, 6.07) is 28.5. The first-order chi connectivity index (χ1) is 15.3. The molecule has 0 fully saturated rings. The van der Waals surface area contributed by atoms with Gasteiger partial charge in [0.05, 0.1) is 0 Å². The summed E-state index contributed by atoms with van der Waals surface area (Å²) in [6.45, 7) is 6.29. The molecule has 3 nitrogen and oxygen atoms in total. The molecule has 162 valence electrons. The largest absolute Gasteiger partial charge is 0.508 e. The molecule has 0 aliphatic rings. The van der Waals surface area contributed by atoms with Crippen LogP contribution in [0.1, 0.15) is 53.1 Å². The minimum Gasteiger partial charge on any atom is -0.508 e. The van der Waals surface area contributed by atoms with Crippen LogP contribution in [0.15, 0.2) is 91.0 Å². The highest BCUT2D eigenvalue weighted by molar-refractivity contribution is 5.54. The molecule has 0 saturated carbocycles. The van der Waals surface area contributed by atoms with Crippen LogP contribution < -0.4 is 0 Å². The molecule has 3 heteroatoms. The standard InChI is InChI=1S/C29H28O3/c1-19-4-6-21(7-5-19)20(2)27-18-24(12-17-28(27)32)29(3,22-8-13-25(30)14-9-22)23-10-15-26(31)16-11-23/h4-18,20,30-32H,1-3H3. The van der Waals surface area contributed by atoms with Crippen molar-refractivity contribution in [3.05, 3.63) is 124 Å². The Morgan fingerprint density at radius 2 is 1.09 bits per heavy atom. The highest BCUT2D eigenvalue weighted by Gasteiger charge is 2.32. The summed E-state index contributed by atoms with van der Waals surface area (Å²) in [7, 11) is 0. The SMILES string of the molecule is Cc1ccc(C(C)c2cc(C(C)(c3ccc(O)cc3)c3ccc(O)cc3)ccc2O)cc1. The van der Waals surface area contributed by atoms with Crippen molar-refractivity contribution in [3.63, 3.8) is 0 Å². The smallest absolute Gasteiger partial charge is 0.119 e. The van der Waals surface area contributed by atoms with Crippen LogP contribution in [0.2, 0.25) is 0 Å². The lowest BCUT2D eigenvalue weighted by Gasteiger charge is -2.33. The lowest BCUT2D eigenvalue weighted by atomic mass is 9.70. The second-order valence-corrected chi connectivity index (χ2v) is 8.62. The van der Waals surface area contributed by atoms with Crippen LogP contribution in [0.5, 0.6) is 17.2 Å². The van der Waals surface area contributed by atoms with E-state index in [9.17, 15) is 15.3 Å². The molecule has 32 heavy (non-hydrogen) atoms. The third-order valence-electron chi connectivity index (χ3n) is 6.54. The predicted molar refractivity (Wildman–Crippen MR) is 129 cm³/mol. The van der Waals surface area contributed by atoms with Gasteiger partial charge >= 0.3 is 0 Å². The second kappa shape index (κ2) is 8.43. The van der Waals surface area contributed by atoms with Gasteiger partial charge in [-0.1, -0.05) is 73.2 Å². The van der Waals surface area contributed by atoms with Crippen molar-refractivity contribution in [1.29, 1.82) is 0 Å². The van der Waals surface area contributed by atoms with Crippen LogP contribution in [0.3, 0.4) is 0 Å². The fourth-order valence-electron chi connectivity index (χ4n) is 4.34. The Labute approximate surface area is 189 Å². The van der Waals surface area contributed by atoms with Crippen molar-refractivity contribution < 1.29 is 15.3 Å². The number of phenols is 3. The zero-order valence-electron chi connectivity index (χ0n) is 18.6. The molecule has 4 aromatic carbocycles. The summed E-state index contributed by atoms with van der Waals surface area (Å²) in [6.07, 6.45) is 0. The zero-order chi connectivity index (χ0) is 22.9. The fourth-order valence-corrected chi connectivity index (χ4v) is 4.34. The summed E-state index contributed by atoms with van der Waals surface area (Å²) in [5.41, 5.74) is 5.65. The van der Waals surface area contributed by atoms with Crippen LogP contribution in [0.4, 0.5) is 0 Å². The van der Waals surface area contributed by atoms with E-state index >= 15 is 0 Å². The molecule has 0 amide bonds. The van der Waals surface area contributed by atoms with Crippen LogP contribution in [0.25, 0.3) is 0 Å². The molecule has 4 rings (SSSR count).